The quantitative estimate of drug-likeness (QED) is 0.817. The molecule has 0 radical (unpaired) electrons. The molecule has 0 aromatic heterocycles. The third-order valence-electron chi connectivity index (χ3n) is 4.05. The summed E-state index contributed by atoms with van der Waals surface area (Å²) >= 11 is 0. The Kier molecular flexibility index (Phi) is 5.41. The number of hydrogen-bond donors (Lipinski definition) is 2. The molecule has 1 atom stereocenters. The maximum absolute atomic E-state index is 12.3. The third kappa shape index (κ3) is 4.34. The summed E-state index contributed by atoms with van der Waals surface area (Å²) in [5.41, 5.74) is 2.44. The Labute approximate surface area is 126 Å². The molecule has 0 heterocycles. The Balaban J connectivity index is 2.03. The summed E-state index contributed by atoms with van der Waals surface area (Å²) in [6, 6.07) is 5.60. The zero-order valence-corrected chi connectivity index (χ0v) is 12.8. The molecule has 1 aromatic rings. The highest BCUT2D eigenvalue weighted by Gasteiger charge is 2.28. The van der Waals surface area contributed by atoms with Gasteiger partial charge in [0.1, 0.15) is 0 Å². The van der Waals surface area contributed by atoms with Crippen LogP contribution in [0.2, 0.25) is 0 Å². The highest BCUT2D eigenvalue weighted by atomic mass is 16.2. The number of hydrogen-bond acceptors (Lipinski definition) is 2. The highest BCUT2D eigenvalue weighted by molar-refractivity contribution is 5.96. The van der Waals surface area contributed by atoms with Crippen molar-refractivity contribution in [3.63, 3.8) is 0 Å². The van der Waals surface area contributed by atoms with Crippen molar-refractivity contribution in [2.45, 2.75) is 33.1 Å². The molecule has 3 heteroatoms. The lowest BCUT2D eigenvalue weighted by molar-refractivity contribution is 0.0946. The largest absolute Gasteiger partial charge is 0.395 e. The van der Waals surface area contributed by atoms with Gasteiger partial charge in [0.2, 0.25) is 0 Å². The second-order valence-electron chi connectivity index (χ2n) is 5.78. The number of aliphatic hydroxyl groups is 1. The summed E-state index contributed by atoms with van der Waals surface area (Å²) in [4.78, 5) is 12.3. The normalized spacial score (nSPS) is 15.0. The van der Waals surface area contributed by atoms with Crippen LogP contribution in [0.5, 0.6) is 0 Å². The molecule has 1 saturated carbocycles. The first kappa shape index (κ1) is 15.6. The summed E-state index contributed by atoms with van der Waals surface area (Å²) in [5.74, 6) is 7.24. The molecule has 2 N–H and O–H groups in total. The Hall–Kier alpha value is -1.79. The van der Waals surface area contributed by atoms with Crippen LogP contribution in [0, 0.1) is 30.6 Å². The van der Waals surface area contributed by atoms with Crippen LogP contribution >= 0.6 is 0 Å². The Bertz CT molecular complexity index is 564. The fourth-order valence-electron chi connectivity index (χ4n) is 2.41. The monoisotopic (exact) mass is 285 g/mol. The van der Waals surface area contributed by atoms with Gasteiger partial charge in [-0.25, -0.2) is 0 Å². The second kappa shape index (κ2) is 7.28. The standard InChI is InChI=1S/C18H23NO2/c1-13(15-9-10-15)12-19-18(21)17-8-5-7-16(14(17)2)6-3-4-11-20/h5,7-8,13,15,20H,4,9-12H2,1-2H3,(H,19,21). The summed E-state index contributed by atoms with van der Waals surface area (Å²) in [6.45, 7) is 4.92. The fraction of sp³-hybridized carbons (Fsp3) is 0.500. The zero-order valence-electron chi connectivity index (χ0n) is 12.8. The van der Waals surface area contributed by atoms with Gasteiger partial charge in [-0.3, -0.25) is 4.79 Å². The van der Waals surface area contributed by atoms with Crippen LogP contribution in [0.4, 0.5) is 0 Å². The van der Waals surface area contributed by atoms with Gasteiger partial charge in [-0.2, -0.15) is 0 Å². The second-order valence-corrected chi connectivity index (χ2v) is 5.78. The van der Waals surface area contributed by atoms with Gasteiger partial charge in [-0.05, 0) is 49.3 Å². The lowest BCUT2D eigenvalue weighted by atomic mass is 10.0. The smallest absolute Gasteiger partial charge is 0.251 e. The summed E-state index contributed by atoms with van der Waals surface area (Å²) in [6.07, 6.45) is 3.05. The van der Waals surface area contributed by atoms with E-state index in [1.807, 2.05) is 25.1 Å². The van der Waals surface area contributed by atoms with Crippen LogP contribution in [0.25, 0.3) is 0 Å². The molecule has 0 saturated heterocycles. The van der Waals surface area contributed by atoms with Gasteiger partial charge in [0.25, 0.3) is 5.91 Å². The molecule has 1 unspecified atom stereocenters. The Morgan fingerprint density at radius 3 is 2.90 bits per heavy atom. The minimum atomic E-state index is -0.0224. The molecule has 0 bridgehead atoms. The van der Waals surface area contributed by atoms with Crippen LogP contribution in [0.3, 0.4) is 0 Å². The van der Waals surface area contributed by atoms with E-state index in [4.69, 9.17) is 5.11 Å². The predicted molar refractivity (Wildman–Crippen MR) is 84.0 cm³/mol. The van der Waals surface area contributed by atoms with Crippen LogP contribution in [0.15, 0.2) is 18.2 Å². The van der Waals surface area contributed by atoms with Gasteiger partial charge in [0.05, 0.1) is 6.61 Å². The van der Waals surface area contributed by atoms with E-state index in [-0.39, 0.29) is 12.5 Å². The van der Waals surface area contributed by atoms with Crippen molar-refractivity contribution in [1.29, 1.82) is 0 Å². The number of benzene rings is 1. The van der Waals surface area contributed by atoms with Crippen molar-refractivity contribution >= 4 is 5.91 Å². The first-order chi connectivity index (χ1) is 10.1. The molecule has 21 heavy (non-hydrogen) atoms. The molecule has 0 spiro atoms. The minimum Gasteiger partial charge on any atom is -0.395 e. The van der Waals surface area contributed by atoms with Crippen molar-refractivity contribution in [1.82, 2.24) is 5.32 Å². The first-order valence-corrected chi connectivity index (χ1v) is 7.61. The fourth-order valence-corrected chi connectivity index (χ4v) is 2.41. The number of carbonyl (C=O) groups excluding carboxylic acids is 1. The molecule has 1 amide bonds. The van der Waals surface area contributed by atoms with Crippen molar-refractivity contribution in [3.8, 4) is 11.8 Å². The Morgan fingerprint density at radius 1 is 1.48 bits per heavy atom. The first-order valence-electron chi connectivity index (χ1n) is 7.61. The van der Waals surface area contributed by atoms with Gasteiger partial charge in [-0.15, -0.1) is 0 Å². The van der Waals surface area contributed by atoms with E-state index in [2.05, 4.69) is 24.1 Å². The van der Waals surface area contributed by atoms with Crippen molar-refractivity contribution in [2.24, 2.45) is 11.8 Å². The van der Waals surface area contributed by atoms with E-state index < -0.39 is 0 Å². The average Bonchev–Trinajstić information content (AvgIpc) is 3.31. The van der Waals surface area contributed by atoms with Crippen molar-refractivity contribution in [3.05, 3.63) is 34.9 Å². The summed E-state index contributed by atoms with van der Waals surface area (Å²) in [7, 11) is 0. The topological polar surface area (TPSA) is 49.3 Å². The minimum absolute atomic E-state index is 0.0224. The van der Waals surface area contributed by atoms with Crippen molar-refractivity contribution < 1.29 is 9.90 Å². The molecule has 1 aromatic carbocycles. The van der Waals surface area contributed by atoms with Gasteiger partial charge in [0, 0.05) is 24.1 Å². The van der Waals surface area contributed by atoms with Crippen LogP contribution in [-0.2, 0) is 0 Å². The van der Waals surface area contributed by atoms with Gasteiger partial charge < -0.3 is 10.4 Å². The average molecular weight is 285 g/mol. The van der Waals surface area contributed by atoms with Crippen molar-refractivity contribution in [2.75, 3.05) is 13.2 Å². The maximum Gasteiger partial charge on any atom is 0.251 e. The number of nitrogens with one attached hydrogen (secondary N) is 1. The van der Waals surface area contributed by atoms with E-state index in [1.54, 1.807) is 0 Å². The molecule has 1 aliphatic rings. The molecular weight excluding hydrogens is 262 g/mol. The van der Waals surface area contributed by atoms with E-state index in [0.717, 1.165) is 23.6 Å². The summed E-state index contributed by atoms with van der Waals surface area (Å²) < 4.78 is 0. The number of carbonyl (C=O) groups is 1. The third-order valence-corrected chi connectivity index (χ3v) is 4.05. The molecule has 0 aliphatic heterocycles. The Morgan fingerprint density at radius 2 is 2.24 bits per heavy atom. The van der Waals surface area contributed by atoms with E-state index >= 15 is 0 Å². The van der Waals surface area contributed by atoms with Crippen LogP contribution < -0.4 is 5.32 Å². The predicted octanol–water partition coefficient (Wildman–Crippen LogP) is 2.50. The van der Waals surface area contributed by atoms with Gasteiger partial charge in [0.15, 0.2) is 0 Å². The lowest BCUT2D eigenvalue weighted by Crippen LogP contribution is -2.29. The molecule has 1 fully saturated rings. The zero-order chi connectivity index (χ0) is 15.2. The molecule has 1 aliphatic carbocycles. The van der Waals surface area contributed by atoms with E-state index in [0.29, 0.717) is 17.9 Å². The number of aliphatic hydroxyl groups excluding tert-OH is 1. The summed E-state index contributed by atoms with van der Waals surface area (Å²) in [5, 5.41) is 11.8. The lowest BCUT2D eigenvalue weighted by Gasteiger charge is -2.13. The highest BCUT2D eigenvalue weighted by Crippen LogP contribution is 2.36. The molecule has 2 rings (SSSR count). The molecule has 3 nitrogen and oxygen atoms in total. The molecular formula is C18H23NO2. The van der Waals surface area contributed by atoms with E-state index in [9.17, 15) is 4.79 Å². The molecule has 112 valence electrons. The van der Waals surface area contributed by atoms with Gasteiger partial charge in [-0.1, -0.05) is 24.8 Å². The number of rotatable bonds is 5. The van der Waals surface area contributed by atoms with Gasteiger partial charge >= 0.3 is 0 Å². The SMILES string of the molecule is Cc1c(C#CCCO)cccc1C(=O)NCC(C)C1CC1. The van der Waals surface area contributed by atoms with Crippen LogP contribution in [-0.4, -0.2) is 24.2 Å². The number of amides is 1. The van der Waals surface area contributed by atoms with E-state index in [1.165, 1.54) is 12.8 Å². The van der Waals surface area contributed by atoms with Crippen LogP contribution in [0.1, 0.15) is 47.7 Å². The maximum atomic E-state index is 12.3.